The number of fused-ring (bicyclic) bond motifs is 1. The summed E-state index contributed by atoms with van der Waals surface area (Å²) in [6.45, 7) is 8.04. The molecule has 33 heavy (non-hydrogen) atoms. The van der Waals surface area contributed by atoms with E-state index < -0.39 is 0 Å². The molecule has 0 unspecified atom stereocenters. The maximum atomic E-state index is 13.3. The predicted octanol–water partition coefficient (Wildman–Crippen LogP) is 4.24. The minimum absolute atomic E-state index is 0.0600. The molecule has 7 nitrogen and oxygen atoms in total. The van der Waals surface area contributed by atoms with Crippen LogP contribution in [0.25, 0.3) is 11.0 Å². The summed E-state index contributed by atoms with van der Waals surface area (Å²) in [6.07, 6.45) is 4.24. The van der Waals surface area contributed by atoms with Crippen LogP contribution in [-0.2, 0) is 13.1 Å². The van der Waals surface area contributed by atoms with Gasteiger partial charge < -0.3 is 5.32 Å². The van der Waals surface area contributed by atoms with Gasteiger partial charge in [-0.15, -0.1) is 0 Å². The van der Waals surface area contributed by atoms with Gasteiger partial charge in [-0.2, -0.15) is 10.2 Å². The third kappa shape index (κ3) is 4.67. The monoisotopic (exact) mass is 442 g/mol. The lowest BCUT2D eigenvalue weighted by Crippen LogP contribution is -2.30. The Labute approximate surface area is 193 Å². The summed E-state index contributed by atoms with van der Waals surface area (Å²) in [5.74, 6) is 0.647. The number of pyridine rings is 1. The summed E-state index contributed by atoms with van der Waals surface area (Å²) < 4.78 is 3.87. The number of aromatic nitrogens is 5. The molecule has 170 valence electrons. The van der Waals surface area contributed by atoms with Crippen molar-refractivity contribution in [3.63, 3.8) is 0 Å². The number of carbonyl (C=O) groups is 1. The lowest BCUT2D eigenvalue weighted by molar-refractivity contribution is 0.0948. The van der Waals surface area contributed by atoms with Crippen molar-refractivity contribution in [2.75, 3.05) is 6.54 Å². The zero-order valence-corrected chi connectivity index (χ0v) is 19.5. The van der Waals surface area contributed by atoms with Crippen LogP contribution in [0.15, 0.2) is 48.7 Å². The van der Waals surface area contributed by atoms with Crippen LogP contribution < -0.4 is 5.32 Å². The Hall–Kier alpha value is -3.48. The second kappa shape index (κ2) is 8.81. The van der Waals surface area contributed by atoms with Crippen LogP contribution >= 0.6 is 0 Å². The molecule has 1 aliphatic carbocycles. The molecule has 0 aliphatic heterocycles. The number of hydrogen-bond acceptors (Lipinski definition) is 4. The fraction of sp³-hybridized carbons (Fsp3) is 0.385. The first-order valence-electron chi connectivity index (χ1n) is 11.7. The van der Waals surface area contributed by atoms with E-state index in [0.717, 1.165) is 53.1 Å². The molecule has 1 atom stereocenters. The molecule has 5 rings (SSSR count). The fourth-order valence-electron chi connectivity index (χ4n) is 4.32. The van der Waals surface area contributed by atoms with E-state index in [-0.39, 0.29) is 11.8 Å². The second-order valence-corrected chi connectivity index (χ2v) is 9.29. The maximum Gasteiger partial charge on any atom is 0.252 e. The molecule has 3 aromatic heterocycles. The van der Waals surface area contributed by atoms with Crippen molar-refractivity contribution in [1.82, 2.24) is 29.9 Å². The Morgan fingerprint density at radius 2 is 1.94 bits per heavy atom. The van der Waals surface area contributed by atoms with Crippen molar-refractivity contribution in [2.24, 2.45) is 5.92 Å². The molecule has 3 heterocycles. The highest BCUT2D eigenvalue weighted by molar-refractivity contribution is 6.06. The van der Waals surface area contributed by atoms with Crippen molar-refractivity contribution >= 4 is 16.9 Å². The minimum Gasteiger partial charge on any atom is -0.352 e. The Kier molecular flexibility index (Phi) is 5.70. The molecule has 0 bridgehead atoms. The van der Waals surface area contributed by atoms with Crippen molar-refractivity contribution in [3.8, 4) is 0 Å². The predicted molar refractivity (Wildman–Crippen MR) is 128 cm³/mol. The Bertz CT molecular complexity index is 1290. The number of benzene rings is 1. The van der Waals surface area contributed by atoms with Gasteiger partial charge in [-0.25, -0.2) is 9.67 Å². The van der Waals surface area contributed by atoms with Crippen LogP contribution in [0.4, 0.5) is 0 Å². The molecule has 0 radical (unpaired) electrons. The molecule has 0 saturated heterocycles. The van der Waals surface area contributed by atoms with Gasteiger partial charge in [0.15, 0.2) is 5.65 Å². The molecule has 1 amide bonds. The summed E-state index contributed by atoms with van der Waals surface area (Å²) in [5.41, 5.74) is 5.48. The molecule has 0 spiro atoms. The van der Waals surface area contributed by atoms with E-state index in [2.05, 4.69) is 29.5 Å². The van der Waals surface area contributed by atoms with Gasteiger partial charge in [0, 0.05) is 30.9 Å². The maximum absolute atomic E-state index is 13.3. The zero-order valence-electron chi connectivity index (χ0n) is 19.5. The summed E-state index contributed by atoms with van der Waals surface area (Å²) in [5, 5.41) is 13.2. The first kappa shape index (κ1) is 21.4. The summed E-state index contributed by atoms with van der Waals surface area (Å²) >= 11 is 0. The van der Waals surface area contributed by atoms with Crippen LogP contribution in [-0.4, -0.2) is 37.0 Å². The van der Waals surface area contributed by atoms with Gasteiger partial charge >= 0.3 is 0 Å². The Morgan fingerprint density at radius 1 is 1.15 bits per heavy atom. The highest BCUT2D eigenvalue weighted by Gasteiger charge is 2.29. The Morgan fingerprint density at radius 3 is 2.64 bits per heavy atom. The van der Waals surface area contributed by atoms with E-state index in [1.807, 2.05) is 59.7 Å². The van der Waals surface area contributed by atoms with E-state index in [1.165, 1.54) is 0 Å². The topological polar surface area (TPSA) is 77.6 Å². The number of rotatable bonds is 8. The highest BCUT2D eigenvalue weighted by atomic mass is 16.1. The summed E-state index contributed by atoms with van der Waals surface area (Å²) in [6, 6.07) is 14.2. The van der Waals surface area contributed by atoms with Crippen molar-refractivity contribution in [2.45, 2.75) is 52.6 Å². The molecule has 1 saturated carbocycles. The van der Waals surface area contributed by atoms with Crippen LogP contribution in [0.5, 0.6) is 0 Å². The van der Waals surface area contributed by atoms with Crippen molar-refractivity contribution in [1.29, 1.82) is 0 Å². The first-order chi connectivity index (χ1) is 16.0. The van der Waals surface area contributed by atoms with Crippen molar-refractivity contribution < 1.29 is 4.79 Å². The summed E-state index contributed by atoms with van der Waals surface area (Å²) in [4.78, 5) is 18.3. The van der Waals surface area contributed by atoms with Gasteiger partial charge in [-0.3, -0.25) is 9.48 Å². The van der Waals surface area contributed by atoms with E-state index >= 15 is 0 Å². The number of hydrogen-bond donors (Lipinski definition) is 1. The molecule has 4 aromatic rings. The van der Waals surface area contributed by atoms with Crippen LogP contribution in [0, 0.1) is 19.8 Å². The van der Waals surface area contributed by atoms with Gasteiger partial charge in [0.1, 0.15) is 0 Å². The van der Waals surface area contributed by atoms with Crippen LogP contribution in [0.3, 0.4) is 0 Å². The number of carbonyl (C=O) groups excluding carboxylic acids is 1. The largest absolute Gasteiger partial charge is 0.352 e. The molecule has 1 aliphatic rings. The standard InChI is InChI=1S/C26H30N6O/c1-17(15-31-12-11-18(2)29-31)14-27-26(33)22-13-23(21-9-10-21)28-25-24(22)19(3)30-32(25)16-20-7-5-4-6-8-20/h4-8,11-13,17,21H,9-10,14-16H2,1-3H3,(H,27,33)/t17-/m0/s1. The van der Waals surface area contributed by atoms with Gasteiger partial charge in [0.05, 0.1) is 28.9 Å². The van der Waals surface area contributed by atoms with Gasteiger partial charge in [0.2, 0.25) is 0 Å². The fourth-order valence-corrected chi connectivity index (χ4v) is 4.32. The lowest BCUT2D eigenvalue weighted by Gasteiger charge is -2.14. The SMILES string of the molecule is Cc1ccn(C[C@@H](C)CNC(=O)c2cc(C3CC3)nc3c2c(C)nn3Cc2ccccc2)n1. The number of amides is 1. The number of nitrogens with zero attached hydrogens (tertiary/aromatic N) is 5. The molecule has 1 aromatic carbocycles. The Balaban J connectivity index is 1.41. The van der Waals surface area contributed by atoms with E-state index in [9.17, 15) is 4.79 Å². The van der Waals surface area contributed by atoms with Gasteiger partial charge in [-0.05, 0) is 50.3 Å². The average molecular weight is 443 g/mol. The first-order valence-corrected chi connectivity index (χ1v) is 11.7. The second-order valence-electron chi connectivity index (χ2n) is 9.29. The normalized spacial score (nSPS) is 14.5. The third-order valence-electron chi connectivity index (χ3n) is 6.20. The third-order valence-corrected chi connectivity index (χ3v) is 6.20. The number of aryl methyl sites for hydroxylation is 2. The molecule has 1 N–H and O–H groups in total. The van der Waals surface area contributed by atoms with Gasteiger partial charge in [0.25, 0.3) is 5.91 Å². The molecular formula is C26H30N6O. The van der Waals surface area contributed by atoms with Gasteiger partial charge in [-0.1, -0.05) is 37.3 Å². The molecule has 7 heteroatoms. The average Bonchev–Trinajstić information content (AvgIpc) is 3.52. The molecular weight excluding hydrogens is 412 g/mol. The van der Waals surface area contributed by atoms with E-state index in [4.69, 9.17) is 10.1 Å². The van der Waals surface area contributed by atoms with Crippen LogP contribution in [0.2, 0.25) is 0 Å². The van der Waals surface area contributed by atoms with Crippen molar-refractivity contribution in [3.05, 3.63) is 76.9 Å². The highest BCUT2D eigenvalue weighted by Crippen LogP contribution is 2.40. The van der Waals surface area contributed by atoms with E-state index in [1.54, 1.807) is 0 Å². The smallest absolute Gasteiger partial charge is 0.252 e. The quantitative estimate of drug-likeness (QED) is 0.443. The zero-order chi connectivity index (χ0) is 22.9. The van der Waals surface area contributed by atoms with E-state index in [0.29, 0.717) is 24.6 Å². The summed E-state index contributed by atoms with van der Waals surface area (Å²) in [7, 11) is 0. The van der Waals surface area contributed by atoms with Crippen LogP contribution in [0.1, 0.15) is 58.7 Å². The minimum atomic E-state index is -0.0600. The lowest BCUT2D eigenvalue weighted by atomic mass is 10.1. The number of nitrogens with one attached hydrogen (secondary N) is 1. The molecule has 1 fully saturated rings.